The van der Waals surface area contributed by atoms with E-state index in [9.17, 15) is 17.2 Å². The zero-order valence-corrected chi connectivity index (χ0v) is 62.2. The van der Waals surface area contributed by atoms with E-state index in [2.05, 4.69) is 381 Å². The van der Waals surface area contributed by atoms with Crippen LogP contribution in [0.2, 0.25) is 12.7 Å². The summed E-state index contributed by atoms with van der Waals surface area (Å²) < 4.78 is -3.62. The number of halogens is 2. The molecule has 0 bridgehead atoms. The summed E-state index contributed by atoms with van der Waals surface area (Å²) >= 11 is -8.01. The van der Waals surface area contributed by atoms with Crippen LogP contribution in [0.4, 0.5) is 0 Å². The van der Waals surface area contributed by atoms with Gasteiger partial charge in [0, 0.05) is 0 Å². The molecule has 482 valence electrons. The summed E-state index contributed by atoms with van der Waals surface area (Å²) in [6, 6.07) is 80.6. The van der Waals surface area contributed by atoms with Crippen molar-refractivity contribution in [2.75, 3.05) is 0 Å². The molecule has 3 heteroatoms. The van der Waals surface area contributed by atoms with Gasteiger partial charge in [0.2, 0.25) is 0 Å². The van der Waals surface area contributed by atoms with E-state index in [4.69, 9.17) is 0 Å². The Morgan fingerprint density at radius 2 is 0.444 bits per heavy atom. The van der Waals surface area contributed by atoms with Gasteiger partial charge in [-0.25, -0.2) is 0 Å². The van der Waals surface area contributed by atoms with Gasteiger partial charge in [-0.3, -0.25) is 0 Å². The second kappa shape index (κ2) is 22.3. The molecule has 8 aliphatic carbocycles. The zero-order valence-electron chi connectivity index (χ0n) is 57.1. The molecule has 2 fully saturated rings. The third-order valence-corrected chi connectivity index (χ3v) is 87.5. The van der Waals surface area contributed by atoms with Crippen LogP contribution in [0.3, 0.4) is 0 Å². The predicted molar refractivity (Wildman–Crippen MR) is 416 cm³/mol. The first-order chi connectivity index (χ1) is 48.2. The van der Waals surface area contributed by atoms with E-state index in [1.165, 1.54) is 134 Å². The van der Waals surface area contributed by atoms with Gasteiger partial charge in [-0.1, -0.05) is 0 Å². The van der Waals surface area contributed by atoms with E-state index in [0.717, 1.165) is 0 Å². The van der Waals surface area contributed by atoms with Crippen LogP contribution in [0, 0.1) is 11.8 Å². The predicted octanol–water partition coefficient (Wildman–Crippen LogP) is 26.8. The Balaban J connectivity index is 0.957. The quantitative estimate of drug-likeness (QED) is 0.133. The molecule has 8 aromatic rings. The van der Waals surface area contributed by atoms with Gasteiger partial charge in [-0.2, -0.15) is 0 Å². The Bertz CT molecular complexity index is 4630. The Morgan fingerprint density at radius 1 is 0.253 bits per heavy atom. The van der Waals surface area contributed by atoms with E-state index < -0.39 is 27.4 Å². The summed E-state index contributed by atoms with van der Waals surface area (Å²) in [5.74, 6) is -0.639. The molecule has 8 aromatic carbocycles. The van der Waals surface area contributed by atoms with Crippen molar-refractivity contribution >= 4 is 17.2 Å². The molecular formula is C96H80Cl2Hf. The third kappa shape index (κ3) is 7.35. The summed E-state index contributed by atoms with van der Waals surface area (Å²) in [4.78, 5) is 0. The Hall–Kier alpha value is -8.95. The SMILES string of the molecule is CC1=CC2=C(C=CC=CC2c2ccc(-c3ccccc3)cc2)[C]12C(C)[C]1(C(C)=CC3=C1C=CC=CC3c1ccc(-c3ccccc3)cc1)[Hf]21([Cl])([Cl])[C]2(C(C)=CC3=C2C=CC=CC3c2ccc(-c3ccccc3)cc2)C(C)[C]12C(C)=CC1=C2C=CC=CC1c1ccc(-c2ccccc2)cc1. The number of benzene rings is 8. The molecule has 2 heterocycles. The fourth-order valence-electron chi connectivity index (χ4n) is 23.9. The average molecular weight is 1480 g/mol. The van der Waals surface area contributed by atoms with Crippen molar-refractivity contribution in [3.8, 4) is 44.5 Å². The van der Waals surface area contributed by atoms with Gasteiger partial charge in [0.25, 0.3) is 0 Å². The summed E-state index contributed by atoms with van der Waals surface area (Å²) in [6.45, 7) is 15.1. The molecule has 10 aliphatic rings. The Labute approximate surface area is 590 Å². The van der Waals surface area contributed by atoms with Gasteiger partial charge in [0.15, 0.2) is 0 Å². The molecule has 8 unspecified atom stereocenters. The number of fused-ring (bicyclic) bond motifs is 8. The van der Waals surface area contributed by atoms with Crippen LogP contribution in [0.15, 0.2) is 407 Å². The molecule has 99 heavy (non-hydrogen) atoms. The zero-order chi connectivity index (χ0) is 67.3. The van der Waals surface area contributed by atoms with Gasteiger partial charge in [0.1, 0.15) is 0 Å². The van der Waals surface area contributed by atoms with E-state index >= 15 is 0 Å². The van der Waals surface area contributed by atoms with Crippen LogP contribution in [0.1, 0.15) is 87.5 Å². The maximum absolute atomic E-state index is 11.5. The van der Waals surface area contributed by atoms with Crippen LogP contribution in [-0.2, 0) is 14.7 Å². The summed E-state index contributed by atoms with van der Waals surface area (Å²) in [7, 11) is 23.0. The van der Waals surface area contributed by atoms with Crippen molar-refractivity contribution in [2.45, 2.75) is 77.9 Å². The monoisotopic (exact) mass is 1480 g/mol. The first kappa shape index (κ1) is 62.3. The first-order valence-corrected chi connectivity index (χ1v) is 51.8. The maximum atomic E-state index is 11.5. The molecule has 0 amide bonds. The number of allylic oxidation sites excluding steroid dienone is 32. The van der Waals surface area contributed by atoms with E-state index in [1.54, 1.807) is 0 Å². The molecule has 0 nitrogen and oxygen atoms in total. The summed E-state index contributed by atoms with van der Waals surface area (Å²) in [5.41, 5.74) is 30.1. The number of hydrogen-bond donors (Lipinski definition) is 0. The van der Waals surface area contributed by atoms with Crippen LogP contribution in [0.5, 0.6) is 0 Å². The van der Waals surface area contributed by atoms with E-state index in [0.29, 0.717) is 0 Å². The normalized spacial score (nSPS) is 30.1. The molecule has 0 aromatic heterocycles. The minimum atomic E-state index is -8.01. The van der Waals surface area contributed by atoms with Crippen LogP contribution in [0.25, 0.3) is 44.5 Å². The first-order valence-electron chi connectivity index (χ1n) is 35.7. The van der Waals surface area contributed by atoms with Crippen LogP contribution >= 0.6 is 17.2 Å². The van der Waals surface area contributed by atoms with Crippen molar-refractivity contribution in [1.82, 2.24) is 0 Å². The van der Waals surface area contributed by atoms with Gasteiger partial charge in [-0.05, 0) is 0 Å². The van der Waals surface area contributed by atoms with Crippen molar-refractivity contribution in [1.29, 1.82) is 0 Å². The van der Waals surface area contributed by atoms with Crippen LogP contribution in [-0.4, -0.2) is 0 Å². The molecule has 5 spiro atoms. The molecular weight excluding hydrogens is 1400 g/mol. The average Bonchev–Trinajstić information content (AvgIpc) is 1.50. The molecule has 2 saturated heterocycles. The van der Waals surface area contributed by atoms with Crippen molar-refractivity contribution < 1.29 is 14.7 Å². The van der Waals surface area contributed by atoms with Crippen molar-refractivity contribution in [2.24, 2.45) is 11.8 Å². The molecule has 2 aliphatic heterocycles. The van der Waals surface area contributed by atoms with Crippen molar-refractivity contribution in [3.63, 3.8) is 0 Å². The standard InChI is InChI=1S/2C48H40.2ClH.Hf/c2*1-32-30-45-41(39-26-22-37(23-27-39)35-14-6-4-7-15-35)18-10-12-20-43(45)47(32)34(3)48-33(2)31-46-42(19-11-13-21-44(46)48)40-28-24-38(25-29-40)36-16-8-5-9-17-36;;;/h2*4-31,34,41-42H,1-3H3;2*1H;/q;;;;+2/p-2. The van der Waals surface area contributed by atoms with E-state index in [-0.39, 0.29) is 35.5 Å². The van der Waals surface area contributed by atoms with Gasteiger partial charge in [-0.15, -0.1) is 0 Å². The fraction of sp³-hybridized carbons (Fsp3) is 0.167. The van der Waals surface area contributed by atoms with Gasteiger partial charge < -0.3 is 0 Å². The Morgan fingerprint density at radius 3 is 0.646 bits per heavy atom. The van der Waals surface area contributed by atoms with E-state index in [1.807, 2.05) is 0 Å². The van der Waals surface area contributed by atoms with Gasteiger partial charge in [0.05, 0.1) is 0 Å². The molecule has 0 radical (unpaired) electrons. The van der Waals surface area contributed by atoms with Gasteiger partial charge >= 0.3 is 595 Å². The molecule has 18 rings (SSSR count). The number of rotatable bonds is 8. The molecule has 0 N–H and O–H groups in total. The summed E-state index contributed by atoms with van der Waals surface area (Å²) in [6.07, 6.45) is 48.9. The third-order valence-electron chi connectivity index (χ3n) is 26.6. The Kier molecular flexibility index (Phi) is 14.0. The number of hydrogen-bond acceptors (Lipinski definition) is 0. The minimum absolute atomic E-state index is 0.0908. The summed E-state index contributed by atoms with van der Waals surface area (Å²) in [5, 5.41) is 0. The molecule has 0 saturated carbocycles. The van der Waals surface area contributed by atoms with Crippen LogP contribution < -0.4 is 0 Å². The topological polar surface area (TPSA) is 0 Å². The molecule has 8 atom stereocenters. The fourth-order valence-corrected chi connectivity index (χ4v) is 106. The second-order valence-corrected chi connectivity index (χ2v) is 69.6. The second-order valence-electron chi connectivity index (χ2n) is 29.9. The van der Waals surface area contributed by atoms with Crippen molar-refractivity contribution in [3.05, 3.63) is 429 Å².